The highest BCUT2D eigenvalue weighted by Gasteiger charge is 2.45. The summed E-state index contributed by atoms with van der Waals surface area (Å²) in [6.45, 7) is 0. The molecule has 0 aromatic carbocycles. The molecule has 1 aliphatic rings. The second-order valence-corrected chi connectivity index (χ2v) is 6.70. The lowest BCUT2D eigenvalue weighted by atomic mass is 9.92. The van der Waals surface area contributed by atoms with Crippen molar-refractivity contribution in [1.82, 2.24) is 0 Å². The van der Waals surface area contributed by atoms with Gasteiger partial charge >= 0.3 is 15.5 Å². The van der Waals surface area contributed by atoms with Crippen LogP contribution in [0.4, 0.5) is 13.2 Å². The first kappa shape index (κ1) is 17.3. The van der Waals surface area contributed by atoms with E-state index in [4.69, 9.17) is 0 Å². The van der Waals surface area contributed by atoms with E-state index in [1.807, 2.05) is 0 Å². The van der Waals surface area contributed by atoms with Crippen molar-refractivity contribution in [1.29, 1.82) is 0 Å². The van der Waals surface area contributed by atoms with Gasteiger partial charge in [-0.3, -0.25) is 0 Å². The van der Waals surface area contributed by atoms with Crippen LogP contribution in [0.2, 0.25) is 0 Å². The number of hydrogen-bond donors (Lipinski definition) is 0. The first-order valence-electron chi connectivity index (χ1n) is 6.82. The fourth-order valence-electron chi connectivity index (χ4n) is 2.30. The molecule has 0 heterocycles. The Kier molecular flexibility index (Phi) is 6.29. The molecule has 4 nitrogen and oxygen atoms in total. The Labute approximate surface area is 117 Å². The summed E-state index contributed by atoms with van der Waals surface area (Å²) in [6.07, 6.45) is 7.30. The lowest BCUT2D eigenvalue weighted by molar-refractivity contribution is -0.224. The van der Waals surface area contributed by atoms with Gasteiger partial charge in [0.1, 0.15) is 0 Å². The minimum absolute atomic E-state index is 0.412. The average Bonchev–Trinajstić information content (AvgIpc) is 2.33. The summed E-state index contributed by atoms with van der Waals surface area (Å²) in [4.78, 5) is 0. The summed E-state index contributed by atoms with van der Waals surface area (Å²) in [7, 11) is -5.71. The van der Waals surface area contributed by atoms with Gasteiger partial charge < -0.3 is 5.11 Å². The number of nitrogens with zero attached hydrogens (tertiary/aromatic N) is 1. The molecule has 0 saturated heterocycles. The zero-order valence-corrected chi connectivity index (χ0v) is 12.0. The van der Waals surface area contributed by atoms with Gasteiger partial charge in [-0.05, 0) is 24.7 Å². The van der Waals surface area contributed by atoms with Crippen molar-refractivity contribution < 1.29 is 26.7 Å². The Hall–Kier alpha value is -0.790. The molecule has 20 heavy (non-hydrogen) atoms. The van der Waals surface area contributed by atoms with Gasteiger partial charge in [-0.1, -0.05) is 44.9 Å². The molecule has 1 rings (SSSR count). The standard InChI is InChI=1S/C12H20F3NO3S/c13-12(14,15)20(18,19)16-11(17)10-8-6-4-2-1-3-5-7-9-10/h10H,1-9H2,(H,16,17)/p-1. The van der Waals surface area contributed by atoms with E-state index in [0.29, 0.717) is 12.8 Å². The molecule has 0 aromatic heterocycles. The molecule has 1 fully saturated rings. The van der Waals surface area contributed by atoms with E-state index in [-0.39, 0.29) is 0 Å². The lowest BCUT2D eigenvalue weighted by Gasteiger charge is -2.24. The summed E-state index contributed by atoms with van der Waals surface area (Å²) in [5, 5.41) is 11.7. The molecule has 1 saturated carbocycles. The molecule has 0 aromatic rings. The molecular weight excluding hydrogens is 295 g/mol. The first-order valence-corrected chi connectivity index (χ1v) is 8.26. The number of rotatable bonds is 2. The number of halogens is 3. The van der Waals surface area contributed by atoms with Crippen LogP contribution in [0.5, 0.6) is 0 Å². The molecular formula is C12H19F3NO3S-. The van der Waals surface area contributed by atoms with E-state index in [1.165, 1.54) is 0 Å². The number of hydrogen-bond acceptors (Lipinski definition) is 3. The molecule has 0 N–H and O–H groups in total. The molecule has 1 aliphatic carbocycles. The Morgan fingerprint density at radius 1 is 0.950 bits per heavy atom. The molecule has 0 aliphatic heterocycles. The Morgan fingerprint density at radius 3 is 1.75 bits per heavy atom. The summed E-state index contributed by atoms with van der Waals surface area (Å²) >= 11 is 0. The fourth-order valence-corrected chi connectivity index (χ4v) is 2.79. The predicted molar refractivity (Wildman–Crippen MR) is 67.5 cm³/mol. The number of sulfonamides is 1. The lowest BCUT2D eigenvalue weighted by Crippen LogP contribution is -2.32. The monoisotopic (exact) mass is 314 g/mol. The van der Waals surface area contributed by atoms with E-state index in [9.17, 15) is 26.7 Å². The largest absolute Gasteiger partial charge is 0.861 e. The van der Waals surface area contributed by atoms with Crippen molar-refractivity contribution in [3.63, 3.8) is 0 Å². The third-order valence-corrected chi connectivity index (χ3v) is 4.46. The van der Waals surface area contributed by atoms with Gasteiger partial charge in [-0.25, -0.2) is 0 Å². The maximum Gasteiger partial charge on any atom is 0.518 e. The van der Waals surface area contributed by atoms with Crippen molar-refractivity contribution in [3.05, 3.63) is 0 Å². The molecule has 0 unspecified atom stereocenters. The highest BCUT2D eigenvalue weighted by atomic mass is 32.2. The van der Waals surface area contributed by atoms with Crippen LogP contribution in [-0.4, -0.2) is 19.8 Å². The van der Waals surface area contributed by atoms with Gasteiger partial charge in [0.15, 0.2) is 0 Å². The van der Waals surface area contributed by atoms with Gasteiger partial charge in [-0.15, -0.1) is 0 Å². The normalized spacial score (nSPS) is 21.6. The van der Waals surface area contributed by atoms with Gasteiger partial charge in [0.25, 0.3) is 0 Å². The van der Waals surface area contributed by atoms with Crippen LogP contribution >= 0.6 is 0 Å². The maximum absolute atomic E-state index is 12.2. The van der Waals surface area contributed by atoms with Crippen molar-refractivity contribution in [2.45, 2.75) is 63.3 Å². The Morgan fingerprint density at radius 2 is 1.35 bits per heavy atom. The zero-order valence-electron chi connectivity index (χ0n) is 11.2. The molecule has 0 spiro atoms. The van der Waals surface area contributed by atoms with Crippen LogP contribution in [-0.2, 0) is 10.0 Å². The third-order valence-electron chi connectivity index (χ3n) is 3.46. The van der Waals surface area contributed by atoms with Crippen LogP contribution in [0.3, 0.4) is 0 Å². The highest BCUT2D eigenvalue weighted by molar-refractivity contribution is 7.91. The molecule has 0 radical (unpaired) electrons. The molecule has 0 amide bonds. The fraction of sp³-hybridized carbons (Fsp3) is 0.917. The smallest absolute Gasteiger partial charge is 0.518 e. The van der Waals surface area contributed by atoms with Crippen molar-refractivity contribution in [2.24, 2.45) is 10.3 Å². The summed E-state index contributed by atoms with van der Waals surface area (Å²) in [6, 6.07) is 0. The van der Waals surface area contributed by atoms with Gasteiger partial charge in [0.2, 0.25) is 0 Å². The van der Waals surface area contributed by atoms with E-state index in [1.54, 1.807) is 0 Å². The number of alkyl halides is 3. The first-order chi connectivity index (χ1) is 9.24. The highest BCUT2D eigenvalue weighted by Crippen LogP contribution is 2.27. The summed E-state index contributed by atoms with van der Waals surface area (Å²) < 4.78 is 60.8. The third kappa shape index (κ3) is 5.30. The van der Waals surface area contributed by atoms with E-state index in [2.05, 4.69) is 4.40 Å². The topological polar surface area (TPSA) is 69.6 Å². The minimum Gasteiger partial charge on any atom is -0.861 e. The SMILES string of the molecule is O=S(=O)(/N=C(\[O-])C1CCCCCCCCC1)C(F)(F)F. The van der Waals surface area contributed by atoms with Crippen LogP contribution in [0, 0.1) is 5.92 Å². The summed E-state index contributed by atoms with van der Waals surface area (Å²) in [5.74, 6) is -1.85. The Bertz CT molecular complexity index is 422. The van der Waals surface area contributed by atoms with Crippen LogP contribution < -0.4 is 5.11 Å². The Balaban J connectivity index is 2.78. The van der Waals surface area contributed by atoms with Gasteiger partial charge in [0.05, 0.1) is 0 Å². The predicted octanol–water partition coefficient (Wildman–Crippen LogP) is 2.74. The second kappa shape index (κ2) is 7.28. The van der Waals surface area contributed by atoms with Crippen LogP contribution in [0.15, 0.2) is 4.40 Å². The van der Waals surface area contributed by atoms with E-state index >= 15 is 0 Å². The molecule has 0 atom stereocenters. The van der Waals surface area contributed by atoms with Crippen molar-refractivity contribution in [3.8, 4) is 0 Å². The zero-order chi connectivity index (χ0) is 15.2. The van der Waals surface area contributed by atoms with Gasteiger partial charge in [0, 0.05) is 0 Å². The van der Waals surface area contributed by atoms with E-state index in [0.717, 1.165) is 44.9 Å². The average molecular weight is 314 g/mol. The molecule has 0 bridgehead atoms. The van der Waals surface area contributed by atoms with Gasteiger partial charge in [-0.2, -0.15) is 26.0 Å². The second-order valence-electron chi connectivity index (χ2n) is 5.10. The molecule has 8 heteroatoms. The summed E-state index contributed by atoms with van der Waals surface area (Å²) in [5.41, 5.74) is -5.50. The van der Waals surface area contributed by atoms with Crippen LogP contribution in [0.1, 0.15) is 57.8 Å². The van der Waals surface area contributed by atoms with E-state index < -0.39 is 27.3 Å². The van der Waals surface area contributed by atoms with Crippen molar-refractivity contribution >= 4 is 15.9 Å². The quantitative estimate of drug-likeness (QED) is 0.581. The maximum atomic E-state index is 12.2. The minimum atomic E-state index is -5.71. The molecule has 118 valence electrons. The van der Waals surface area contributed by atoms with Crippen LogP contribution in [0.25, 0.3) is 0 Å². The van der Waals surface area contributed by atoms with Crippen molar-refractivity contribution in [2.75, 3.05) is 0 Å².